The molecule has 0 unspecified atom stereocenters. The highest BCUT2D eigenvalue weighted by Gasteiger charge is 2.35. The van der Waals surface area contributed by atoms with Crippen molar-refractivity contribution in [2.24, 2.45) is 23.7 Å². The van der Waals surface area contributed by atoms with E-state index in [4.69, 9.17) is 0 Å². The largest absolute Gasteiger partial charge is 0.0995 e. The summed E-state index contributed by atoms with van der Waals surface area (Å²) in [6.07, 6.45) is 6.70. The van der Waals surface area contributed by atoms with Gasteiger partial charge < -0.3 is 0 Å². The number of allylic oxidation sites excluding steroid dienone is 3. The number of rotatable bonds is 1. The first kappa shape index (κ1) is 10.0. The lowest BCUT2D eigenvalue weighted by molar-refractivity contribution is 0.340. The van der Waals surface area contributed by atoms with Crippen LogP contribution in [0, 0.1) is 23.7 Å². The number of hydrogen-bond acceptors (Lipinski definition) is 0. The van der Waals surface area contributed by atoms with Crippen molar-refractivity contribution in [2.45, 2.75) is 40.0 Å². The molecule has 0 radical (unpaired) electrons. The molecule has 0 spiro atoms. The van der Waals surface area contributed by atoms with Gasteiger partial charge in [0, 0.05) is 0 Å². The van der Waals surface area contributed by atoms with Crippen molar-refractivity contribution >= 4 is 0 Å². The fourth-order valence-corrected chi connectivity index (χ4v) is 3.24. The van der Waals surface area contributed by atoms with E-state index in [1.54, 1.807) is 5.57 Å². The Balaban J connectivity index is 2.26. The molecule has 4 atom stereocenters. The molecule has 0 saturated heterocycles. The molecule has 0 N–H and O–H groups in total. The molecule has 0 nitrogen and oxygen atoms in total. The highest BCUT2D eigenvalue weighted by atomic mass is 14.4. The van der Waals surface area contributed by atoms with Crippen molar-refractivity contribution in [2.75, 3.05) is 0 Å². The van der Waals surface area contributed by atoms with Crippen LogP contribution in [0.2, 0.25) is 0 Å². The Kier molecular flexibility index (Phi) is 2.55. The number of hydrogen-bond donors (Lipinski definition) is 0. The van der Waals surface area contributed by atoms with Crippen molar-refractivity contribution in [3.05, 3.63) is 23.8 Å². The molecular weight excluding hydrogens is 168 g/mol. The summed E-state index contributed by atoms with van der Waals surface area (Å²) in [5.74, 6) is 3.28. The van der Waals surface area contributed by atoms with E-state index < -0.39 is 0 Å². The molecule has 0 aromatic heterocycles. The topological polar surface area (TPSA) is 0 Å². The summed E-state index contributed by atoms with van der Waals surface area (Å²) in [6, 6.07) is 0. The van der Waals surface area contributed by atoms with Crippen molar-refractivity contribution in [1.29, 1.82) is 0 Å². The molecule has 0 aliphatic heterocycles. The van der Waals surface area contributed by atoms with E-state index in [1.807, 2.05) is 0 Å². The Hall–Kier alpha value is -0.520. The van der Waals surface area contributed by atoms with Crippen LogP contribution in [0.5, 0.6) is 0 Å². The first-order valence-corrected chi connectivity index (χ1v) is 5.96. The van der Waals surface area contributed by atoms with Gasteiger partial charge in [0.05, 0.1) is 0 Å². The van der Waals surface area contributed by atoms with Gasteiger partial charge >= 0.3 is 0 Å². The van der Waals surface area contributed by atoms with Crippen molar-refractivity contribution in [1.82, 2.24) is 0 Å². The van der Waals surface area contributed by atoms with Crippen LogP contribution < -0.4 is 0 Å². The second-order valence-electron chi connectivity index (χ2n) is 5.42. The molecule has 0 heterocycles. The maximum Gasteiger partial charge on any atom is -0.00231 e. The Labute approximate surface area is 88.1 Å². The Morgan fingerprint density at radius 2 is 2.07 bits per heavy atom. The third-order valence-electron chi connectivity index (χ3n) is 4.25. The molecule has 0 bridgehead atoms. The Morgan fingerprint density at radius 1 is 1.36 bits per heavy atom. The summed E-state index contributed by atoms with van der Waals surface area (Å²) in [6.45, 7) is 11.1. The van der Waals surface area contributed by atoms with Crippen LogP contribution in [0.4, 0.5) is 0 Å². The minimum Gasteiger partial charge on any atom is -0.0995 e. The van der Waals surface area contributed by atoms with Crippen LogP contribution in [-0.4, -0.2) is 0 Å². The standard InChI is InChI=1S/C14H22/c1-9(2)12-7-11(4)13-6-5-10(3)14(13)8-12/h8,10-13H,1,5-7H2,2-4H3/t10-,11-,12-,13-/m1/s1. The molecule has 0 aromatic rings. The molecular formula is C14H22. The third-order valence-corrected chi connectivity index (χ3v) is 4.25. The van der Waals surface area contributed by atoms with E-state index in [1.165, 1.54) is 24.8 Å². The second kappa shape index (κ2) is 3.56. The van der Waals surface area contributed by atoms with Gasteiger partial charge in [0.1, 0.15) is 0 Å². The lowest BCUT2D eigenvalue weighted by Crippen LogP contribution is -2.21. The highest BCUT2D eigenvalue weighted by Crippen LogP contribution is 2.47. The van der Waals surface area contributed by atoms with Crippen molar-refractivity contribution in [3.63, 3.8) is 0 Å². The lowest BCUT2D eigenvalue weighted by Gasteiger charge is -2.32. The third kappa shape index (κ3) is 1.55. The van der Waals surface area contributed by atoms with Gasteiger partial charge in [-0.25, -0.2) is 0 Å². The van der Waals surface area contributed by atoms with E-state index >= 15 is 0 Å². The second-order valence-corrected chi connectivity index (χ2v) is 5.42. The predicted octanol–water partition coefficient (Wildman–Crippen LogP) is 4.19. The van der Waals surface area contributed by atoms with E-state index in [0.717, 1.165) is 17.8 Å². The number of fused-ring (bicyclic) bond motifs is 1. The maximum atomic E-state index is 4.11. The van der Waals surface area contributed by atoms with Crippen LogP contribution in [0.1, 0.15) is 40.0 Å². The molecule has 0 aromatic carbocycles. The lowest BCUT2D eigenvalue weighted by atomic mass is 9.73. The highest BCUT2D eigenvalue weighted by molar-refractivity contribution is 5.24. The zero-order valence-electron chi connectivity index (χ0n) is 9.72. The van der Waals surface area contributed by atoms with Crippen LogP contribution in [0.3, 0.4) is 0 Å². The SMILES string of the molecule is C=C(C)[C@H]1C=C2[C@H](C)CC[C@@H]2[C@H](C)C1. The van der Waals surface area contributed by atoms with Crippen molar-refractivity contribution < 1.29 is 0 Å². The summed E-state index contributed by atoms with van der Waals surface area (Å²) in [5.41, 5.74) is 3.10. The quantitative estimate of drug-likeness (QED) is 0.544. The summed E-state index contributed by atoms with van der Waals surface area (Å²) < 4.78 is 0. The predicted molar refractivity (Wildman–Crippen MR) is 62.1 cm³/mol. The Morgan fingerprint density at radius 3 is 2.71 bits per heavy atom. The molecule has 2 rings (SSSR count). The monoisotopic (exact) mass is 190 g/mol. The minimum absolute atomic E-state index is 0.664. The van der Waals surface area contributed by atoms with E-state index in [9.17, 15) is 0 Å². The zero-order valence-corrected chi connectivity index (χ0v) is 9.72. The van der Waals surface area contributed by atoms with E-state index in [2.05, 4.69) is 33.4 Å². The summed E-state index contributed by atoms with van der Waals surface area (Å²) in [4.78, 5) is 0. The fourth-order valence-electron chi connectivity index (χ4n) is 3.24. The Bertz CT molecular complexity index is 272. The van der Waals surface area contributed by atoms with Gasteiger partial charge in [-0.1, -0.05) is 37.6 Å². The van der Waals surface area contributed by atoms with Gasteiger partial charge in [0.15, 0.2) is 0 Å². The summed E-state index contributed by atoms with van der Waals surface area (Å²) in [5, 5.41) is 0. The van der Waals surface area contributed by atoms with Gasteiger partial charge in [-0.2, -0.15) is 0 Å². The van der Waals surface area contributed by atoms with Crippen LogP contribution in [0.15, 0.2) is 23.8 Å². The van der Waals surface area contributed by atoms with Gasteiger partial charge in [-0.3, -0.25) is 0 Å². The summed E-state index contributed by atoms with van der Waals surface area (Å²) in [7, 11) is 0. The van der Waals surface area contributed by atoms with Gasteiger partial charge in [-0.05, 0) is 49.9 Å². The van der Waals surface area contributed by atoms with Gasteiger partial charge in [0.2, 0.25) is 0 Å². The van der Waals surface area contributed by atoms with Crippen LogP contribution in [-0.2, 0) is 0 Å². The minimum atomic E-state index is 0.664. The average molecular weight is 190 g/mol. The smallest absolute Gasteiger partial charge is 0.00231 e. The first-order chi connectivity index (χ1) is 6.59. The van der Waals surface area contributed by atoms with E-state index in [0.29, 0.717) is 5.92 Å². The van der Waals surface area contributed by atoms with Crippen LogP contribution in [0.25, 0.3) is 0 Å². The van der Waals surface area contributed by atoms with Gasteiger partial charge in [0.25, 0.3) is 0 Å². The maximum absolute atomic E-state index is 4.11. The molecule has 14 heavy (non-hydrogen) atoms. The molecule has 2 aliphatic rings. The average Bonchev–Trinajstić information content (AvgIpc) is 2.48. The van der Waals surface area contributed by atoms with E-state index in [-0.39, 0.29) is 0 Å². The molecule has 0 heteroatoms. The molecule has 78 valence electrons. The fraction of sp³-hybridized carbons (Fsp3) is 0.714. The molecule has 1 saturated carbocycles. The normalized spacial score (nSPS) is 41.8. The molecule has 1 fully saturated rings. The van der Waals surface area contributed by atoms with Crippen molar-refractivity contribution in [3.8, 4) is 0 Å². The molecule has 2 aliphatic carbocycles. The van der Waals surface area contributed by atoms with Gasteiger partial charge in [-0.15, -0.1) is 0 Å². The van der Waals surface area contributed by atoms with Crippen LogP contribution >= 0.6 is 0 Å². The molecule has 0 amide bonds. The summed E-state index contributed by atoms with van der Waals surface area (Å²) >= 11 is 0. The first-order valence-electron chi connectivity index (χ1n) is 5.96. The zero-order chi connectivity index (χ0) is 10.3.